The van der Waals surface area contributed by atoms with Crippen molar-refractivity contribution < 1.29 is 29.5 Å². The first-order valence-corrected chi connectivity index (χ1v) is 6.30. The van der Waals surface area contributed by atoms with E-state index < -0.39 is 36.8 Å². The highest BCUT2D eigenvalue weighted by Crippen LogP contribution is 2.35. The first kappa shape index (κ1) is 15.8. The zero-order valence-electron chi connectivity index (χ0n) is 11.2. The van der Waals surface area contributed by atoms with Gasteiger partial charge in [0.05, 0.1) is 6.61 Å². The van der Waals surface area contributed by atoms with Crippen LogP contribution in [0.4, 0.5) is 0 Å². The monoisotopic (exact) mass is 264 g/mol. The lowest BCUT2D eigenvalue weighted by Gasteiger charge is -2.30. The largest absolute Gasteiger partial charge is 0.394 e. The molecular formula is C12H24O6. The molecule has 1 saturated heterocycles. The summed E-state index contributed by atoms with van der Waals surface area (Å²) >= 11 is 0. The van der Waals surface area contributed by atoms with Crippen molar-refractivity contribution in [3.05, 3.63) is 0 Å². The third kappa shape index (κ3) is 3.20. The molecular weight excluding hydrogens is 240 g/mol. The molecule has 0 aromatic carbocycles. The number of methoxy groups -OCH3 is 1. The quantitative estimate of drug-likeness (QED) is 0.545. The maximum Gasteiger partial charge on any atom is 0.188 e. The molecule has 0 saturated carbocycles. The number of hydrogen-bond acceptors (Lipinski definition) is 6. The fraction of sp³-hybridized carbons (Fsp3) is 1.00. The van der Waals surface area contributed by atoms with Gasteiger partial charge in [0.15, 0.2) is 6.29 Å². The molecule has 1 fully saturated rings. The molecule has 0 radical (unpaired) electrons. The second-order valence-corrected chi connectivity index (χ2v) is 4.79. The minimum atomic E-state index is -1.36. The maximum absolute atomic E-state index is 10.4. The van der Waals surface area contributed by atoms with Crippen LogP contribution in [0.2, 0.25) is 0 Å². The van der Waals surface area contributed by atoms with E-state index in [1.54, 1.807) is 6.92 Å². The van der Waals surface area contributed by atoms with E-state index in [2.05, 4.69) is 0 Å². The van der Waals surface area contributed by atoms with Crippen molar-refractivity contribution in [3.63, 3.8) is 0 Å². The Morgan fingerprint density at radius 2 is 2.11 bits per heavy atom. The highest BCUT2D eigenvalue weighted by atomic mass is 16.7. The number of rotatable bonds is 7. The molecule has 0 aliphatic carbocycles. The average molecular weight is 264 g/mol. The molecule has 0 amide bonds. The Kier molecular flexibility index (Phi) is 5.97. The molecule has 1 aliphatic rings. The van der Waals surface area contributed by atoms with Gasteiger partial charge in [-0.2, -0.15) is 0 Å². The summed E-state index contributed by atoms with van der Waals surface area (Å²) < 4.78 is 16.1. The van der Waals surface area contributed by atoms with Crippen molar-refractivity contribution in [2.45, 2.75) is 56.9 Å². The van der Waals surface area contributed by atoms with E-state index in [0.717, 1.165) is 12.8 Å². The van der Waals surface area contributed by atoms with Crippen molar-refractivity contribution in [2.75, 3.05) is 20.3 Å². The van der Waals surface area contributed by atoms with E-state index in [0.29, 0.717) is 6.61 Å². The van der Waals surface area contributed by atoms with Crippen LogP contribution >= 0.6 is 0 Å². The Hall–Kier alpha value is -0.240. The van der Waals surface area contributed by atoms with Crippen LogP contribution in [0, 0.1) is 0 Å². The van der Waals surface area contributed by atoms with Gasteiger partial charge in [0, 0.05) is 13.7 Å². The van der Waals surface area contributed by atoms with Gasteiger partial charge in [0.1, 0.15) is 23.9 Å². The van der Waals surface area contributed by atoms with Crippen molar-refractivity contribution in [3.8, 4) is 0 Å². The fourth-order valence-corrected chi connectivity index (χ4v) is 2.13. The van der Waals surface area contributed by atoms with Crippen LogP contribution in [0.1, 0.15) is 26.7 Å². The highest BCUT2D eigenvalue weighted by molar-refractivity contribution is 5.00. The molecule has 0 bridgehead atoms. The molecule has 1 rings (SSSR count). The van der Waals surface area contributed by atoms with Crippen LogP contribution in [0.25, 0.3) is 0 Å². The van der Waals surface area contributed by atoms with E-state index in [1.165, 1.54) is 7.11 Å². The molecule has 0 spiro atoms. The number of ether oxygens (including phenoxy) is 3. The van der Waals surface area contributed by atoms with Crippen LogP contribution in [-0.2, 0) is 14.2 Å². The topological polar surface area (TPSA) is 88.4 Å². The van der Waals surface area contributed by atoms with Gasteiger partial charge in [-0.1, -0.05) is 13.3 Å². The van der Waals surface area contributed by atoms with E-state index in [1.807, 2.05) is 6.92 Å². The summed E-state index contributed by atoms with van der Waals surface area (Å²) in [7, 11) is 1.41. The van der Waals surface area contributed by atoms with Gasteiger partial charge in [-0.3, -0.25) is 0 Å². The molecule has 5 atom stereocenters. The first-order chi connectivity index (χ1) is 8.48. The van der Waals surface area contributed by atoms with Crippen molar-refractivity contribution in [1.29, 1.82) is 0 Å². The summed E-state index contributed by atoms with van der Waals surface area (Å²) in [5.74, 6) is 0. The lowest BCUT2D eigenvalue weighted by molar-refractivity contribution is -0.193. The highest BCUT2D eigenvalue weighted by Gasteiger charge is 2.56. The Morgan fingerprint density at radius 1 is 1.44 bits per heavy atom. The van der Waals surface area contributed by atoms with E-state index >= 15 is 0 Å². The van der Waals surface area contributed by atoms with Gasteiger partial charge in [-0.15, -0.1) is 0 Å². The van der Waals surface area contributed by atoms with Gasteiger partial charge in [0.25, 0.3) is 0 Å². The van der Waals surface area contributed by atoms with Crippen molar-refractivity contribution in [2.24, 2.45) is 0 Å². The normalized spacial score (nSPS) is 38.0. The molecule has 0 aromatic heterocycles. The average Bonchev–Trinajstić information content (AvgIpc) is 2.60. The lowest BCUT2D eigenvalue weighted by Crippen LogP contribution is -2.50. The number of aliphatic hydroxyl groups excluding tert-OH is 2. The third-order valence-corrected chi connectivity index (χ3v) is 3.21. The Balaban J connectivity index is 2.75. The fourth-order valence-electron chi connectivity index (χ4n) is 2.13. The summed E-state index contributed by atoms with van der Waals surface area (Å²) in [5.41, 5.74) is -1.36. The van der Waals surface area contributed by atoms with Crippen LogP contribution in [-0.4, -0.2) is 65.8 Å². The molecule has 6 heteroatoms. The number of hydrogen-bond donors (Lipinski definition) is 3. The van der Waals surface area contributed by atoms with Crippen LogP contribution in [0.5, 0.6) is 0 Å². The predicted octanol–water partition coefficient (Wildman–Crippen LogP) is -0.353. The second-order valence-electron chi connectivity index (χ2n) is 4.79. The predicted molar refractivity (Wildman–Crippen MR) is 64.0 cm³/mol. The van der Waals surface area contributed by atoms with E-state index in [9.17, 15) is 10.2 Å². The third-order valence-electron chi connectivity index (χ3n) is 3.21. The van der Waals surface area contributed by atoms with Gasteiger partial charge in [0.2, 0.25) is 0 Å². The molecule has 1 aliphatic heterocycles. The summed E-state index contributed by atoms with van der Waals surface area (Å²) in [6.07, 6.45) is -1.69. The van der Waals surface area contributed by atoms with E-state index in [-0.39, 0.29) is 0 Å². The number of unbranched alkanes of at least 4 members (excludes halogenated alkanes) is 1. The van der Waals surface area contributed by atoms with Gasteiger partial charge >= 0.3 is 0 Å². The SMILES string of the molecule is CCCCO[C@@H]1[C@@H](C(O)CO)O[C@H](OC)C1(C)O. The molecule has 6 nitrogen and oxygen atoms in total. The molecule has 108 valence electrons. The zero-order chi connectivity index (χ0) is 13.8. The standard InChI is InChI=1S/C12H24O6/c1-4-5-6-17-10-9(8(14)7-13)18-11(16-3)12(10,2)15/h8-11,13-15H,4-7H2,1-3H3/t8?,9-,10-,11+,12?/m1/s1. The van der Waals surface area contributed by atoms with Crippen LogP contribution < -0.4 is 0 Å². The molecule has 1 heterocycles. The summed E-state index contributed by atoms with van der Waals surface area (Å²) in [6.45, 7) is 3.59. The van der Waals surface area contributed by atoms with Gasteiger partial charge in [-0.25, -0.2) is 0 Å². The molecule has 2 unspecified atom stereocenters. The van der Waals surface area contributed by atoms with Gasteiger partial charge < -0.3 is 29.5 Å². The maximum atomic E-state index is 10.4. The Labute approximate surface area is 107 Å². The summed E-state index contributed by atoms with van der Waals surface area (Å²) in [4.78, 5) is 0. The Morgan fingerprint density at radius 3 is 2.61 bits per heavy atom. The number of aliphatic hydroxyl groups is 3. The first-order valence-electron chi connectivity index (χ1n) is 6.30. The van der Waals surface area contributed by atoms with Crippen LogP contribution in [0.15, 0.2) is 0 Å². The minimum Gasteiger partial charge on any atom is -0.394 e. The van der Waals surface area contributed by atoms with Crippen molar-refractivity contribution >= 4 is 0 Å². The minimum absolute atomic E-state index is 0.454. The molecule has 3 N–H and O–H groups in total. The molecule has 18 heavy (non-hydrogen) atoms. The Bertz CT molecular complexity index is 245. The summed E-state index contributed by atoms with van der Waals surface area (Å²) in [6, 6.07) is 0. The summed E-state index contributed by atoms with van der Waals surface area (Å²) in [5, 5.41) is 29.1. The second kappa shape index (κ2) is 6.79. The lowest BCUT2D eigenvalue weighted by atomic mass is 9.95. The van der Waals surface area contributed by atoms with Crippen molar-refractivity contribution in [1.82, 2.24) is 0 Å². The van der Waals surface area contributed by atoms with E-state index in [4.69, 9.17) is 19.3 Å². The smallest absolute Gasteiger partial charge is 0.188 e. The zero-order valence-corrected chi connectivity index (χ0v) is 11.2. The van der Waals surface area contributed by atoms with Gasteiger partial charge in [-0.05, 0) is 13.3 Å². The molecule has 0 aromatic rings. The van der Waals surface area contributed by atoms with Crippen LogP contribution in [0.3, 0.4) is 0 Å².